The minimum absolute atomic E-state index is 0.134. The number of aromatic nitrogens is 1. The van der Waals surface area contributed by atoms with E-state index in [2.05, 4.69) is 13.2 Å². The van der Waals surface area contributed by atoms with Crippen LogP contribution in [0.2, 0.25) is 0 Å². The number of nitrogens with two attached hydrogens (primary N) is 2. The number of hydrogen-bond acceptors (Lipinski definition) is 4. The van der Waals surface area contributed by atoms with Crippen LogP contribution in [0.5, 0.6) is 11.5 Å². The monoisotopic (exact) mass is 370 g/mol. The van der Waals surface area contributed by atoms with E-state index in [1.54, 1.807) is 18.2 Å². The molecule has 0 aliphatic carbocycles. The summed E-state index contributed by atoms with van der Waals surface area (Å²) in [6.07, 6.45) is 3.48. The van der Waals surface area contributed by atoms with Crippen LogP contribution in [0.1, 0.15) is 17.2 Å². The first kappa shape index (κ1) is 18.9. The van der Waals surface area contributed by atoms with Crippen LogP contribution in [0.25, 0.3) is 11.3 Å². The normalized spacial score (nSPS) is 10.5. The first-order chi connectivity index (χ1) is 13.5. The molecule has 3 aromatic rings. The second kappa shape index (κ2) is 8.22. The van der Waals surface area contributed by atoms with Crippen molar-refractivity contribution in [1.82, 2.24) is 4.98 Å². The zero-order chi connectivity index (χ0) is 20.1. The lowest BCUT2D eigenvalue weighted by atomic mass is 9.98. The van der Waals surface area contributed by atoms with E-state index in [1.807, 2.05) is 54.6 Å². The molecule has 0 unspecified atom stereocenters. The molecule has 28 heavy (non-hydrogen) atoms. The largest absolute Gasteiger partial charge is 0.457 e. The van der Waals surface area contributed by atoms with Crippen molar-refractivity contribution >= 4 is 11.5 Å². The first-order valence-corrected chi connectivity index (χ1v) is 8.76. The number of amidine groups is 1. The molecule has 2 aromatic carbocycles. The van der Waals surface area contributed by atoms with Gasteiger partial charge in [-0.05, 0) is 42.5 Å². The molecule has 5 heteroatoms. The second-order valence-corrected chi connectivity index (χ2v) is 6.21. The molecule has 0 radical (unpaired) electrons. The second-order valence-electron chi connectivity index (χ2n) is 6.21. The minimum atomic E-state index is -0.150. The molecule has 0 aliphatic heterocycles. The predicted molar refractivity (Wildman–Crippen MR) is 115 cm³/mol. The van der Waals surface area contributed by atoms with Crippen molar-refractivity contribution in [1.29, 1.82) is 5.41 Å². The Morgan fingerprint density at radius 2 is 1.61 bits per heavy atom. The van der Waals surface area contributed by atoms with Gasteiger partial charge in [-0.15, -0.1) is 13.2 Å². The highest BCUT2D eigenvalue weighted by Crippen LogP contribution is 2.31. The van der Waals surface area contributed by atoms with Gasteiger partial charge in [-0.3, -0.25) is 10.4 Å². The van der Waals surface area contributed by atoms with Crippen molar-refractivity contribution in [2.45, 2.75) is 5.92 Å². The summed E-state index contributed by atoms with van der Waals surface area (Å²) in [5.74, 6) is 1.16. The summed E-state index contributed by atoms with van der Waals surface area (Å²) in [6.45, 7) is 7.63. The van der Waals surface area contributed by atoms with Gasteiger partial charge in [-0.1, -0.05) is 30.4 Å². The summed E-state index contributed by atoms with van der Waals surface area (Å²) in [6, 6.07) is 18.7. The van der Waals surface area contributed by atoms with Crippen LogP contribution in [0.4, 0.5) is 5.69 Å². The number of benzene rings is 2. The summed E-state index contributed by atoms with van der Waals surface area (Å²) in [7, 11) is 0. The molecule has 0 saturated heterocycles. The zero-order valence-corrected chi connectivity index (χ0v) is 15.4. The van der Waals surface area contributed by atoms with Crippen LogP contribution in [-0.4, -0.2) is 10.8 Å². The van der Waals surface area contributed by atoms with Crippen molar-refractivity contribution in [3.8, 4) is 22.8 Å². The number of para-hydroxylation sites is 1. The highest BCUT2D eigenvalue weighted by molar-refractivity contribution is 6.05. The van der Waals surface area contributed by atoms with Crippen molar-refractivity contribution < 1.29 is 4.74 Å². The number of allylic oxidation sites excluding steroid dienone is 2. The van der Waals surface area contributed by atoms with Gasteiger partial charge in [0.2, 0.25) is 0 Å². The molecule has 3 rings (SSSR count). The lowest BCUT2D eigenvalue weighted by Crippen LogP contribution is -2.17. The van der Waals surface area contributed by atoms with Crippen molar-refractivity contribution in [3.05, 3.63) is 97.2 Å². The summed E-state index contributed by atoms with van der Waals surface area (Å²) >= 11 is 0. The summed E-state index contributed by atoms with van der Waals surface area (Å²) in [5, 5.41) is 7.92. The Morgan fingerprint density at radius 3 is 2.18 bits per heavy atom. The molecule has 1 heterocycles. The van der Waals surface area contributed by atoms with Crippen LogP contribution in [-0.2, 0) is 0 Å². The molecule has 0 bridgehead atoms. The first-order valence-electron chi connectivity index (χ1n) is 8.76. The lowest BCUT2D eigenvalue weighted by molar-refractivity contribution is 0.483. The number of nitrogen functional groups attached to an aromatic ring is 2. The smallest absolute Gasteiger partial charge is 0.127 e. The molecule has 1 aromatic heterocycles. The van der Waals surface area contributed by atoms with E-state index in [0.29, 0.717) is 28.4 Å². The summed E-state index contributed by atoms with van der Waals surface area (Å²) in [4.78, 5) is 4.70. The maximum atomic E-state index is 7.92. The van der Waals surface area contributed by atoms with Crippen molar-refractivity contribution in [2.24, 2.45) is 5.73 Å². The Bertz CT molecular complexity index is 1000. The molecule has 0 aliphatic rings. The number of ether oxygens (including phenoxy) is 1. The van der Waals surface area contributed by atoms with Gasteiger partial charge in [0, 0.05) is 17.2 Å². The molecule has 0 fully saturated rings. The number of hydrogen-bond donors (Lipinski definition) is 3. The van der Waals surface area contributed by atoms with E-state index < -0.39 is 0 Å². The van der Waals surface area contributed by atoms with Crippen LogP contribution in [0.3, 0.4) is 0 Å². The Hall–Kier alpha value is -3.86. The highest BCUT2D eigenvalue weighted by Gasteiger charge is 2.17. The number of rotatable bonds is 7. The standard InChI is InChI=1S/C23H22N4O/c1-3-15(4-2)20-14-19(24)21(23(25)26)22(27-20)16-10-12-18(13-11-16)28-17-8-6-5-7-9-17/h3-15H,1-2H2,(H2,24,27)(H3,25,26). The molecule has 0 atom stereocenters. The fourth-order valence-corrected chi connectivity index (χ4v) is 2.89. The topological polar surface area (TPSA) is 98.0 Å². The van der Waals surface area contributed by atoms with Crippen molar-refractivity contribution in [3.63, 3.8) is 0 Å². The molecule has 140 valence electrons. The average Bonchev–Trinajstić information content (AvgIpc) is 2.69. The fraction of sp³-hybridized carbons (Fsp3) is 0.0435. The maximum Gasteiger partial charge on any atom is 0.127 e. The van der Waals surface area contributed by atoms with Crippen molar-refractivity contribution in [2.75, 3.05) is 5.73 Å². The van der Waals surface area contributed by atoms with E-state index in [9.17, 15) is 0 Å². The van der Waals surface area contributed by atoms with Gasteiger partial charge in [0.05, 0.1) is 17.0 Å². The third kappa shape index (κ3) is 3.94. The van der Waals surface area contributed by atoms with Gasteiger partial charge >= 0.3 is 0 Å². The molecule has 0 spiro atoms. The summed E-state index contributed by atoms with van der Waals surface area (Å²) in [5.41, 5.74) is 14.8. The van der Waals surface area contributed by atoms with Gasteiger partial charge < -0.3 is 16.2 Å². The Labute approximate surface area is 164 Å². The van der Waals surface area contributed by atoms with E-state index in [0.717, 1.165) is 11.3 Å². The average molecular weight is 370 g/mol. The quantitative estimate of drug-likeness (QED) is 0.314. The molecule has 5 N–H and O–H groups in total. The number of anilines is 1. The fourth-order valence-electron chi connectivity index (χ4n) is 2.89. The third-order valence-corrected chi connectivity index (χ3v) is 4.30. The number of pyridine rings is 1. The molecular weight excluding hydrogens is 348 g/mol. The lowest BCUT2D eigenvalue weighted by Gasteiger charge is -2.16. The SMILES string of the molecule is C=CC(C=C)c1cc(N)c(C(=N)N)c(-c2ccc(Oc3ccccc3)cc2)n1. The van der Waals surface area contributed by atoms with E-state index in [1.165, 1.54) is 0 Å². The minimum Gasteiger partial charge on any atom is -0.457 e. The van der Waals surface area contributed by atoms with Gasteiger partial charge in [-0.2, -0.15) is 0 Å². The van der Waals surface area contributed by atoms with Crippen LogP contribution < -0.4 is 16.2 Å². The third-order valence-electron chi connectivity index (χ3n) is 4.30. The van der Waals surface area contributed by atoms with Crippen LogP contribution in [0.15, 0.2) is 86.0 Å². The predicted octanol–water partition coefficient (Wildman–Crippen LogP) is 4.86. The van der Waals surface area contributed by atoms with Gasteiger partial charge in [0.15, 0.2) is 0 Å². The summed E-state index contributed by atoms with van der Waals surface area (Å²) < 4.78 is 5.83. The molecule has 5 nitrogen and oxygen atoms in total. The molecule has 0 amide bonds. The number of nitrogens with zero attached hydrogens (tertiary/aromatic N) is 1. The zero-order valence-electron chi connectivity index (χ0n) is 15.4. The maximum absolute atomic E-state index is 7.92. The Balaban J connectivity index is 2.02. The molecular formula is C23H22N4O. The molecule has 0 saturated carbocycles. The van der Waals surface area contributed by atoms with E-state index in [-0.39, 0.29) is 11.8 Å². The van der Waals surface area contributed by atoms with E-state index in [4.69, 9.17) is 26.6 Å². The van der Waals surface area contributed by atoms with E-state index >= 15 is 0 Å². The Kier molecular flexibility index (Phi) is 5.56. The van der Waals surface area contributed by atoms with Crippen LogP contribution >= 0.6 is 0 Å². The van der Waals surface area contributed by atoms with Gasteiger partial charge in [0.25, 0.3) is 0 Å². The van der Waals surface area contributed by atoms with Crippen LogP contribution in [0, 0.1) is 5.41 Å². The van der Waals surface area contributed by atoms with Gasteiger partial charge in [-0.25, -0.2) is 0 Å². The number of nitrogens with one attached hydrogen (secondary N) is 1. The Morgan fingerprint density at radius 1 is 1.00 bits per heavy atom. The highest BCUT2D eigenvalue weighted by atomic mass is 16.5. The van der Waals surface area contributed by atoms with Gasteiger partial charge in [0.1, 0.15) is 17.3 Å².